The van der Waals surface area contributed by atoms with Crippen molar-refractivity contribution >= 4 is 23.2 Å². The zero-order chi connectivity index (χ0) is 19.2. The van der Waals surface area contributed by atoms with E-state index in [1.807, 2.05) is 24.6 Å². The number of rotatable bonds is 6. The van der Waals surface area contributed by atoms with Crippen LogP contribution in [0.25, 0.3) is 0 Å². The first-order valence-corrected chi connectivity index (χ1v) is 9.93. The Morgan fingerprint density at radius 2 is 1.85 bits per heavy atom. The van der Waals surface area contributed by atoms with Crippen molar-refractivity contribution in [3.63, 3.8) is 0 Å². The molecule has 144 valence electrons. The molecule has 0 bridgehead atoms. The minimum absolute atomic E-state index is 0.00924. The fourth-order valence-electron chi connectivity index (χ4n) is 3.14. The molecular formula is C20H24FN3O2S. The summed E-state index contributed by atoms with van der Waals surface area (Å²) in [7, 11) is 2.03. The fraction of sp³-hybridized carbons (Fsp3) is 0.400. The van der Waals surface area contributed by atoms with Crippen LogP contribution in [0.4, 0.5) is 4.39 Å². The number of carbonyl (C=O) groups excluding carboxylic acids is 2. The first kappa shape index (κ1) is 19.5. The van der Waals surface area contributed by atoms with E-state index in [-0.39, 0.29) is 24.2 Å². The molecule has 3 rings (SSSR count). The van der Waals surface area contributed by atoms with Crippen molar-refractivity contribution in [1.82, 2.24) is 15.1 Å². The summed E-state index contributed by atoms with van der Waals surface area (Å²) in [5.41, 5.74) is 0.745. The molecule has 1 aliphatic heterocycles. The molecule has 27 heavy (non-hydrogen) atoms. The maximum absolute atomic E-state index is 13.3. The van der Waals surface area contributed by atoms with E-state index in [9.17, 15) is 14.0 Å². The van der Waals surface area contributed by atoms with Crippen LogP contribution in [0.15, 0.2) is 41.8 Å². The molecule has 1 aliphatic rings. The number of carbonyl (C=O) groups is 2. The monoisotopic (exact) mass is 389 g/mol. The third-order valence-electron chi connectivity index (χ3n) is 4.84. The lowest BCUT2D eigenvalue weighted by Gasteiger charge is -2.32. The molecule has 0 saturated carbocycles. The topological polar surface area (TPSA) is 52.6 Å². The molecule has 2 aromatic rings. The number of piperazine rings is 1. The quantitative estimate of drug-likeness (QED) is 0.823. The van der Waals surface area contributed by atoms with E-state index < -0.39 is 5.92 Å². The van der Waals surface area contributed by atoms with Crippen LogP contribution in [0.2, 0.25) is 0 Å². The van der Waals surface area contributed by atoms with Crippen molar-refractivity contribution in [3.05, 3.63) is 58.0 Å². The van der Waals surface area contributed by atoms with Crippen molar-refractivity contribution in [2.45, 2.75) is 12.3 Å². The SMILES string of the molecule is CN1CCN(C(=O)CNC(=O)C(Cc2cccs2)c2ccc(F)cc2)CC1. The van der Waals surface area contributed by atoms with Gasteiger partial charge in [0.25, 0.3) is 0 Å². The highest BCUT2D eigenvalue weighted by Crippen LogP contribution is 2.24. The van der Waals surface area contributed by atoms with Crippen LogP contribution >= 0.6 is 11.3 Å². The van der Waals surface area contributed by atoms with Crippen LogP contribution in [-0.4, -0.2) is 61.4 Å². The molecular weight excluding hydrogens is 365 g/mol. The van der Waals surface area contributed by atoms with Gasteiger partial charge in [-0.1, -0.05) is 18.2 Å². The second-order valence-electron chi connectivity index (χ2n) is 6.79. The zero-order valence-electron chi connectivity index (χ0n) is 15.4. The molecule has 5 nitrogen and oxygen atoms in total. The van der Waals surface area contributed by atoms with Crippen molar-refractivity contribution in [2.24, 2.45) is 0 Å². The Labute approximate surface area is 162 Å². The average molecular weight is 389 g/mol. The molecule has 0 spiro atoms. The van der Waals surface area contributed by atoms with Crippen LogP contribution in [-0.2, 0) is 16.0 Å². The van der Waals surface area contributed by atoms with Crippen molar-refractivity contribution in [1.29, 1.82) is 0 Å². The van der Waals surface area contributed by atoms with Gasteiger partial charge < -0.3 is 15.1 Å². The lowest BCUT2D eigenvalue weighted by Crippen LogP contribution is -2.50. The summed E-state index contributed by atoms with van der Waals surface area (Å²) in [6.45, 7) is 3.04. The van der Waals surface area contributed by atoms with E-state index in [0.717, 1.165) is 23.5 Å². The number of nitrogens with zero attached hydrogens (tertiary/aromatic N) is 2. The highest BCUT2D eigenvalue weighted by atomic mass is 32.1. The second kappa shape index (κ2) is 9.10. The maximum Gasteiger partial charge on any atom is 0.242 e. The van der Waals surface area contributed by atoms with Gasteiger partial charge in [-0.15, -0.1) is 11.3 Å². The molecule has 1 atom stereocenters. The maximum atomic E-state index is 13.3. The standard InChI is InChI=1S/C20H24FN3O2S/c1-23-8-10-24(11-9-23)19(25)14-22-20(26)18(13-17-3-2-12-27-17)15-4-6-16(21)7-5-15/h2-7,12,18H,8-11,13-14H2,1H3,(H,22,26). The molecule has 1 N–H and O–H groups in total. The Kier molecular flexibility index (Phi) is 6.58. The Morgan fingerprint density at radius 1 is 1.15 bits per heavy atom. The summed E-state index contributed by atoms with van der Waals surface area (Å²) in [6.07, 6.45) is 0.526. The van der Waals surface area contributed by atoms with Crippen LogP contribution in [0, 0.1) is 5.82 Å². The normalized spacial score (nSPS) is 16.1. The molecule has 0 aliphatic carbocycles. The number of amides is 2. The van der Waals surface area contributed by atoms with Gasteiger partial charge >= 0.3 is 0 Å². The summed E-state index contributed by atoms with van der Waals surface area (Å²) in [4.78, 5) is 30.2. The minimum Gasteiger partial charge on any atom is -0.346 e. The summed E-state index contributed by atoms with van der Waals surface area (Å²) in [5, 5.41) is 4.75. The van der Waals surface area contributed by atoms with Gasteiger partial charge in [0.15, 0.2) is 0 Å². The lowest BCUT2D eigenvalue weighted by molar-refractivity contribution is -0.134. The third-order valence-corrected chi connectivity index (χ3v) is 5.74. The number of hydrogen-bond donors (Lipinski definition) is 1. The Bertz CT molecular complexity index is 756. The van der Waals surface area contributed by atoms with Crippen molar-refractivity contribution < 1.29 is 14.0 Å². The van der Waals surface area contributed by atoms with E-state index in [2.05, 4.69) is 10.2 Å². The smallest absolute Gasteiger partial charge is 0.242 e. The summed E-state index contributed by atoms with van der Waals surface area (Å²) in [5.74, 6) is -1.06. The Hall–Kier alpha value is -2.25. The molecule has 1 saturated heterocycles. The first-order valence-electron chi connectivity index (χ1n) is 9.05. The number of benzene rings is 1. The molecule has 7 heteroatoms. The summed E-state index contributed by atoms with van der Waals surface area (Å²) in [6, 6.07) is 9.91. The van der Waals surface area contributed by atoms with Gasteiger partial charge in [0.2, 0.25) is 11.8 Å². The van der Waals surface area contributed by atoms with Crippen LogP contribution in [0.3, 0.4) is 0 Å². The molecule has 1 aromatic heterocycles. The van der Waals surface area contributed by atoms with E-state index in [0.29, 0.717) is 19.5 Å². The molecule has 2 heterocycles. The molecule has 0 radical (unpaired) electrons. The predicted molar refractivity (Wildman–Crippen MR) is 104 cm³/mol. The lowest BCUT2D eigenvalue weighted by atomic mass is 9.94. The van der Waals surface area contributed by atoms with Gasteiger partial charge in [-0.25, -0.2) is 4.39 Å². The van der Waals surface area contributed by atoms with Crippen molar-refractivity contribution in [2.75, 3.05) is 39.8 Å². The van der Waals surface area contributed by atoms with Gasteiger partial charge in [0, 0.05) is 31.1 Å². The summed E-state index contributed by atoms with van der Waals surface area (Å²) < 4.78 is 13.3. The predicted octanol–water partition coefficient (Wildman–Crippen LogP) is 2.10. The van der Waals surface area contributed by atoms with Gasteiger partial charge in [0.1, 0.15) is 5.82 Å². The second-order valence-corrected chi connectivity index (χ2v) is 7.82. The zero-order valence-corrected chi connectivity index (χ0v) is 16.2. The van der Waals surface area contributed by atoms with E-state index in [1.54, 1.807) is 28.4 Å². The highest BCUT2D eigenvalue weighted by Gasteiger charge is 2.24. The van der Waals surface area contributed by atoms with E-state index >= 15 is 0 Å². The minimum atomic E-state index is -0.454. The number of nitrogens with one attached hydrogen (secondary N) is 1. The highest BCUT2D eigenvalue weighted by molar-refractivity contribution is 7.09. The number of hydrogen-bond acceptors (Lipinski definition) is 4. The third kappa shape index (κ3) is 5.37. The molecule has 1 unspecified atom stereocenters. The molecule has 1 aromatic carbocycles. The number of thiophene rings is 1. The van der Waals surface area contributed by atoms with Crippen LogP contribution in [0.1, 0.15) is 16.4 Å². The summed E-state index contributed by atoms with van der Waals surface area (Å²) >= 11 is 1.58. The van der Waals surface area contributed by atoms with E-state index in [1.165, 1.54) is 12.1 Å². The Balaban J connectivity index is 1.63. The van der Waals surface area contributed by atoms with Gasteiger partial charge in [-0.05, 0) is 42.6 Å². The largest absolute Gasteiger partial charge is 0.346 e. The van der Waals surface area contributed by atoms with Crippen molar-refractivity contribution in [3.8, 4) is 0 Å². The first-order chi connectivity index (χ1) is 13.0. The van der Waals surface area contributed by atoms with Gasteiger partial charge in [0.05, 0.1) is 12.5 Å². The van der Waals surface area contributed by atoms with Gasteiger partial charge in [-0.3, -0.25) is 9.59 Å². The average Bonchev–Trinajstić information content (AvgIpc) is 3.18. The number of halogens is 1. The molecule has 2 amide bonds. The van der Waals surface area contributed by atoms with Crippen LogP contribution in [0.5, 0.6) is 0 Å². The van der Waals surface area contributed by atoms with Gasteiger partial charge in [-0.2, -0.15) is 0 Å². The molecule has 1 fully saturated rings. The van der Waals surface area contributed by atoms with E-state index in [4.69, 9.17) is 0 Å². The number of likely N-dealkylation sites (N-methyl/N-ethyl adjacent to an activating group) is 1. The fourth-order valence-corrected chi connectivity index (χ4v) is 3.89. The van der Waals surface area contributed by atoms with Crippen LogP contribution < -0.4 is 5.32 Å². The Morgan fingerprint density at radius 3 is 2.48 bits per heavy atom.